The first-order valence-corrected chi connectivity index (χ1v) is 8.66. The third kappa shape index (κ3) is 2.98. The molecule has 0 atom stereocenters. The SMILES string of the molecule is CSC1(C(N)=S)CCN(Cc2c(C)nn(C)c2Cl)CC1. The number of aromatic nitrogens is 2. The van der Waals surface area contributed by atoms with Crippen LogP contribution in [0.2, 0.25) is 5.15 Å². The Morgan fingerprint density at radius 2 is 2.10 bits per heavy atom. The van der Waals surface area contributed by atoms with Gasteiger partial charge in [0, 0.05) is 32.2 Å². The number of likely N-dealkylation sites (tertiary alicyclic amines) is 1. The van der Waals surface area contributed by atoms with Gasteiger partial charge in [-0.15, -0.1) is 0 Å². The average Bonchev–Trinajstić information content (AvgIpc) is 2.66. The highest BCUT2D eigenvalue weighted by molar-refractivity contribution is 8.02. The summed E-state index contributed by atoms with van der Waals surface area (Å²) in [5.41, 5.74) is 8.05. The number of halogens is 1. The molecule has 20 heavy (non-hydrogen) atoms. The number of thiocarbonyl (C=S) groups is 1. The number of hydrogen-bond acceptors (Lipinski definition) is 4. The second kappa shape index (κ2) is 6.22. The molecule has 0 unspecified atom stereocenters. The number of nitrogens with two attached hydrogens (primary N) is 1. The molecule has 0 aromatic carbocycles. The van der Waals surface area contributed by atoms with Gasteiger partial charge >= 0.3 is 0 Å². The normalized spacial score (nSPS) is 19.2. The Morgan fingerprint density at radius 3 is 2.50 bits per heavy atom. The van der Waals surface area contributed by atoms with Crippen molar-refractivity contribution in [3.63, 3.8) is 0 Å². The predicted octanol–water partition coefficient (Wildman–Crippen LogP) is 2.37. The van der Waals surface area contributed by atoms with Gasteiger partial charge in [0.1, 0.15) is 5.15 Å². The fraction of sp³-hybridized carbons (Fsp3) is 0.692. The minimum atomic E-state index is -0.0282. The molecule has 0 bridgehead atoms. The van der Waals surface area contributed by atoms with Crippen LogP contribution in [0.3, 0.4) is 0 Å². The van der Waals surface area contributed by atoms with Crippen LogP contribution in [0.5, 0.6) is 0 Å². The third-order valence-corrected chi connectivity index (χ3v) is 6.56. The zero-order chi connectivity index (χ0) is 14.9. The van der Waals surface area contributed by atoms with E-state index < -0.39 is 0 Å². The second-order valence-electron chi connectivity index (χ2n) is 5.32. The minimum Gasteiger partial charge on any atom is -0.392 e. The van der Waals surface area contributed by atoms with E-state index in [0.29, 0.717) is 4.99 Å². The molecule has 2 N–H and O–H groups in total. The lowest BCUT2D eigenvalue weighted by molar-refractivity contribution is 0.212. The summed E-state index contributed by atoms with van der Waals surface area (Å²) in [5, 5.41) is 5.10. The van der Waals surface area contributed by atoms with Crippen LogP contribution in [0.1, 0.15) is 24.1 Å². The zero-order valence-electron chi connectivity index (χ0n) is 12.1. The van der Waals surface area contributed by atoms with Crippen LogP contribution < -0.4 is 5.73 Å². The lowest BCUT2D eigenvalue weighted by Crippen LogP contribution is -2.49. The van der Waals surface area contributed by atoms with Gasteiger partial charge in [-0.05, 0) is 26.0 Å². The molecule has 4 nitrogen and oxygen atoms in total. The van der Waals surface area contributed by atoms with Crippen LogP contribution in [-0.4, -0.2) is 43.8 Å². The largest absolute Gasteiger partial charge is 0.392 e. The topological polar surface area (TPSA) is 47.1 Å². The molecular weight excluding hydrogens is 312 g/mol. The molecule has 1 aliphatic heterocycles. The van der Waals surface area contributed by atoms with Crippen LogP contribution in [0, 0.1) is 6.92 Å². The Hall–Kier alpha value is -0.300. The van der Waals surface area contributed by atoms with Gasteiger partial charge in [-0.3, -0.25) is 9.58 Å². The fourth-order valence-electron chi connectivity index (χ4n) is 2.70. The molecule has 1 saturated heterocycles. The maximum Gasteiger partial charge on any atom is 0.131 e. The predicted molar refractivity (Wildman–Crippen MR) is 90.5 cm³/mol. The standard InChI is InChI=1S/C13H21ClN4S2/c1-9-10(11(14)17(2)16-9)8-18-6-4-13(20-3,5-7-18)12(15)19/h4-8H2,1-3H3,(H2,15,19). The summed E-state index contributed by atoms with van der Waals surface area (Å²) in [5.74, 6) is 0. The van der Waals surface area contributed by atoms with Gasteiger partial charge in [0.05, 0.1) is 15.4 Å². The molecule has 1 aromatic heterocycles. The third-order valence-electron chi connectivity index (χ3n) is 4.16. The number of aryl methyl sites for hydroxylation is 2. The fourth-order valence-corrected chi connectivity index (χ4v) is 4.18. The minimum absolute atomic E-state index is 0.0282. The zero-order valence-corrected chi connectivity index (χ0v) is 14.5. The van der Waals surface area contributed by atoms with Crippen molar-refractivity contribution in [2.75, 3.05) is 19.3 Å². The summed E-state index contributed by atoms with van der Waals surface area (Å²) in [6, 6.07) is 0. The monoisotopic (exact) mass is 332 g/mol. The average molecular weight is 333 g/mol. The quantitative estimate of drug-likeness (QED) is 0.858. The van der Waals surface area contributed by atoms with Crippen molar-refractivity contribution in [3.05, 3.63) is 16.4 Å². The number of nitrogens with zero attached hydrogens (tertiary/aromatic N) is 3. The lowest BCUT2D eigenvalue weighted by Gasteiger charge is -2.40. The van der Waals surface area contributed by atoms with Crippen molar-refractivity contribution >= 4 is 40.6 Å². The summed E-state index contributed by atoms with van der Waals surface area (Å²) >= 11 is 13.3. The van der Waals surface area contributed by atoms with E-state index in [4.69, 9.17) is 29.6 Å². The molecule has 1 aromatic rings. The number of hydrogen-bond donors (Lipinski definition) is 1. The Balaban J connectivity index is 2.03. The molecule has 0 saturated carbocycles. The van der Waals surface area contributed by atoms with Crippen molar-refractivity contribution in [1.29, 1.82) is 0 Å². The number of piperidine rings is 1. The van der Waals surface area contributed by atoms with E-state index in [1.807, 2.05) is 14.0 Å². The first-order valence-electron chi connectivity index (χ1n) is 6.65. The molecule has 0 spiro atoms. The summed E-state index contributed by atoms with van der Waals surface area (Å²) in [6.07, 6.45) is 4.10. The second-order valence-corrected chi connectivity index (χ2v) is 7.30. The lowest BCUT2D eigenvalue weighted by atomic mass is 9.95. The van der Waals surface area contributed by atoms with Crippen LogP contribution in [0.15, 0.2) is 0 Å². The molecule has 0 radical (unpaired) electrons. The smallest absolute Gasteiger partial charge is 0.131 e. The molecule has 1 aliphatic rings. The van der Waals surface area contributed by atoms with E-state index in [-0.39, 0.29) is 4.75 Å². The van der Waals surface area contributed by atoms with Crippen molar-refractivity contribution in [2.24, 2.45) is 12.8 Å². The van der Waals surface area contributed by atoms with Crippen molar-refractivity contribution in [2.45, 2.75) is 31.1 Å². The highest BCUT2D eigenvalue weighted by Gasteiger charge is 2.36. The highest BCUT2D eigenvalue weighted by Crippen LogP contribution is 2.35. The van der Waals surface area contributed by atoms with Gasteiger partial charge in [0.25, 0.3) is 0 Å². The molecule has 2 heterocycles. The maximum atomic E-state index is 6.30. The van der Waals surface area contributed by atoms with E-state index in [1.165, 1.54) is 0 Å². The van der Waals surface area contributed by atoms with Crippen molar-refractivity contribution in [1.82, 2.24) is 14.7 Å². The Bertz CT molecular complexity index is 507. The van der Waals surface area contributed by atoms with Gasteiger partial charge in [-0.25, -0.2) is 0 Å². The van der Waals surface area contributed by atoms with Crippen LogP contribution in [-0.2, 0) is 13.6 Å². The van der Waals surface area contributed by atoms with E-state index in [0.717, 1.165) is 48.9 Å². The summed E-state index contributed by atoms with van der Waals surface area (Å²) in [7, 11) is 1.88. The number of thioether (sulfide) groups is 1. The van der Waals surface area contributed by atoms with Crippen molar-refractivity contribution in [3.8, 4) is 0 Å². The van der Waals surface area contributed by atoms with E-state index in [1.54, 1.807) is 16.4 Å². The van der Waals surface area contributed by atoms with E-state index in [2.05, 4.69) is 16.3 Å². The summed E-state index contributed by atoms with van der Waals surface area (Å²) < 4.78 is 1.71. The summed E-state index contributed by atoms with van der Waals surface area (Å²) in [6.45, 7) is 4.83. The first kappa shape index (κ1) is 16.1. The molecule has 1 fully saturated rings. The molecule has 112 valence electrons. The van der Waals surface area contributed by atoms with E-state index >= 15 is 0 Å². The molecule has 0 amide bonds. The number of rotatable bonds is 4. The molecule has 7 heteroatoms. The van der Waals surface area contributed by atoms with E-state index in [9.17, 15) is 0 Å². The van der Waals surface area contributed by atoms with Crippen molar-refractivity contribution < 1.29 is 0 Å². The first-order chi connectivity index (χ1) is 9.39. The Labute approximate surface area is 135 Å². The van der Waals surface area contributed by atoms with Gasteiger partial charge in [-0.2, -0.15) is 16.9 Å². The van der Waals surface area contributed by atoms with Gasteiger partial charge in [0.2, 0.25) is 0 Å². The molecular formula is C13H21ClN4S2. The Morgan fingerprint density at radius 1 is 1.50 bits per heavy atom. The van der Waals surface area contributed by atoms with Crippen LogP contribution in [0.4, 0.5) is 0 Å². The van der Waals surface area contributed by atoms with Gasteiger partial charge in [0.15, 0.2) is 0 Å². The maximum absolute atomic E-state index is 6.30. The van der Waals surface area contributed by atoms with Crippen LogP contribution >= 0.6 is 35.6 Å². The molecule has 0 aliphatic carbocycles. The van der Waals surface area contributed by atoms with Gasteiger partial charge < -0.3 is 5.73 Å². The van der Waals surface area contributed by atoms with Gasteiger partial charge in [-0.1, -0.05) is 23.8 Å². The Kier molecular flexibility index (Phi) is 5.00. The molecule has 2 rings (SSSR count). The summed E-state index contributed by atoms with van der Waals surface area (Å²) in [4.78, 5) is 3.04. The highest BCUT2D eigenvalue weighted by atomic mass is 35.5. The van der Waals surface area contributed by atoms with Crippen LogP contribution in [0.25, 0.3) is 0 Å².